The van der Waals surface area contributed by atoms with E-state index in [0.29, 0.717) is 25.0 Å². The quantitative estimate of drug-likeness (QED) is 0.678. The Bertz CT molecular complexity index is 625. The number of ether oxygens (including phenoxy) is 1. The molecule has 0 fully saturated rings. The first kappa shape index (κ1) is 18.4. The smallest absolute Gasteiger partial charge is 0.303 e. The summed E-state index contributed by atoms with van der Waals surface area (Å²) in [5.74, 6) is -0.512. The average Bonchev–Trinajstić information content (AvgIpc) is 2.44. The molecule has 0 aliphatic carbocycles. The third-order valence-corrected chi connectivity index (χ3v) is 4.91. The SMILES string of the molecule is COc1cc(C)c(C)cc1S(=O)(=O)NCCCCCC(=O)O. The summed E-state index contributed by atoms with van der Waals surface area (Å²) in [4.78, 5) is 10.5. The summed E-state index contributed by atoms with van der Waals surface area (Å²) in [5, 5.41) is 8.53. The molecule has 124 valence electrons. The van der Waals surface area contributed by atoms with Crippen LogP contribution in [0.3, 0.4) is 0 Å². The third kappa shape index (κ3) is 5.31. The van der Waals surface area contributed by atoms with Crippen LogP contribution < -0.4 is 9.46 Å². The van der Waals surface area contributed by atoms with Crippen LogP contribution in [0.2, 0.25) is 0 Å². The Kier molecular flexibility index (Phi) is 6.83. The highest BCUT2D eigenvalue weighted by atomic mass is 32.2. The van der Waals surface area contributed by atoms with Crippen molar-refractivity contribution in [3.05, 3.63) is 23.3 Å². The second-order valence-electron chi connectivity index (χ2n) is 5.19. The topological polar surface area (TPSA) is 92.7 Å². The van der Waals surface area contributed by atoms with Crippen LogP contribution in [0.4, 0.5) is 0 Å². The van der Waals surface area contributed by atoms with E-state index in [0.717, 1.165) is 11.1 Å². The highest BCUT2D eigenvalue weighted by Crippen LogP contribution is 2.27. The Morgan fingerprint density at radius 2 is 1.82 bits per heavy atom. The number of carbonyl (C=O) groups is 1. The summed E-state index contributed by atoms with van der Waals surface area (Å²) >= 11 is 0. The second-order valence-corrected chi connectivity index (χ2v) is 6.92. The molecule has 6 nitrogen and oxygen atoms in total. The predicted molar refractivity (Wildman–Crippen MR) is 83.8 cm³/mol. The second kappa shape index (κ2) is 8.14. The molecule has 7 heteroatoms. The van der Waals surface area contributed by atoms with Crippen LogP contribution in [0.25, 0.3) is 0 Å². The van der Waals surface area contributed by atoms with E-state index in [-0.39, 0.29) is 17.9 Å². The first-order valence-electron chi connectivity index (χ1n) is 7.14. The fourth-order valence-corrected chi connectivity index (χ4v) is 3.30. The molecule has 0 radical (unpaired) electrons. The number of aryl methyl sites for hydroxylation is 2. The number of sulfonamides is 1. The molecular weight excluding hydrogens is 306 g/mol. The summed E-state index contributed by atoms with van der Waals surface area (Å²) in [6, 6.07) is 3.30. The molecular formula is C15H23NO5S. The van der Waals surface area contributed by atoms with Crippen molar-refractivity contribution in [1.82, 2.24) is 4.72 Å². The van der Waals surface area contributed by atoms with Crippen LogP contribution in [0.15, 0.2) is 17.0 Å². The third-order valence-electron chi connectivity index (χ3n) is 3.43. The van der Waals surface area contributed by atoms with Crippen molar-refractivity contribution in [2.24, 2.45) is 0 Å². The van der Waals surface area contributed by atoms with Crippen LogP contribution in [0.1, 0.15) is 36.8 Å². The summed E-state index contributed by atoms with van der Waals surface area (Å²) in [6.45, 7) is 4.02. The maximum absolute atomic E-state index is 12.3. The van der Waals surface area contributed by atoms with Gasteiger partial charge in [0.15, 0.2) is 0 Å². The molecule has 1 aromatic rings. The molecule has 0 saturated carbocycles. The van der Waals surface area contributed by atoms with Gasteiger partial charge in [-0.3, -0.25) is 4.79 Å². The number of hydrogen-bond donors (Lipinski definition) is 2. The van der Waals surface area contributed by atoms with Gasteiger partial charge in [-0.05, 0) is 49.9 Å². The summed E-state index contributed by atoms with van der Waals surface area (Å²) in [6.07, 6.45) is 1.92. The van der Waals surface area contributed by atoms with Crippen molar-refractivity contribution in [1.29, 1.82) is 0 Å². The van der Waals surface area contributed by atoms with Gasteiger partial charge >= 0.3 is 5.97 Å². The minimum atomic E-state index is -3.64. The van der Waals surface area contributed by atoms with Gasteiger partial charge in [0.1, 0.15) is 10.6 Å². The summed E-state index contributed by atoms with van der Waals surface area (Å²) in [7, 11) is -2.20. The molecule has 0 aliphatic heterocycles. The van der Waals surface area contributed by atoms with Gasteiger partial charge in [0.25, 0.3) is 0 Å². The highest BCUT2D eigenvalue weighted by Gasteiger charge is 2.20. The number of aliphatic carboxylic acids is 1. The number of unbranched alkanes of at least 4 members (excludes halogenated alkanes) is 2. The molecule has 0 aliphatic rings. The van der Waals surface area contributed by atoms with Crippen LogP contribution >= 0.6 is 0 Å². The van der Waals surface area contributed by atoms with Crippen LogP contribution in [-0.4, -0.2) is 33.1 Å². The lowest BCUT2D eigenvalue weighted by atomic mass is 10.1. The first-order chi connectivity index (χ1) is 10.3. The molecule has 22 heavy (non-hydrogen) atoms. The first-order valence-corrected chi connectivity index (χ1v) is 8.63. The van der Waals surface area contributed by atoms with Gasteiger partial charge in [-0.2, -0.15) is 0 Å². The van der Waals surface area contributed by atoms with Crippen molar-refractivity contribution in [2.45, 2.75) is 44.4 Å². The van der Waals surface area contributed by atoms with Gasteiger partial charge in [0, 0.05) is 13.0 Å². The number of hydrogen-bond acceptors (Lipinski definition) is 4. The van der Waals surface area contributed by atoms with Gasteiger partial charge in [-0.25, -0.2) is 13.1 Å². The molecule has 0 heterocycles. The number of rotatable bonds is 9. The Labute approximate surface area is 131 Å². The van der Waals surface area contributed by atoms with E-state index in [4.69, 9.17) is 9.84 Å². The van der Waals surface area contributed by atoms with E-state index in [2.05, 4.69) is 4.72 Å². The van der Waals surface area contributed by atoms with Crippen molar-refractivity contribution in [3.8, 4) is 5.75 Å². The Morgan fingerprint density at radius 1 is 1.18 bits per heavy atom. The molecule has 0 saturated heterocycles. The number of carboxylic acid groups (broad SMARTS) is 1. The molecule has 1 aromatic carbocycles. The average molecular weight is 329 g/mol. The molecule has 2 N–H and O–H groups in total. The van der Waals surface area contributed by atoms with Crippen LogP contribution in [0.5, 0.6) is 5.75 Å². The molecule has 0 aromatic heterocycles. The van der Waals surface area contributed by atoms with Gasteiger partial charge in [-0.15, -0.1) is 0 Å². The predicted octanol–water partition coefficient (Wildman–Crippen LogP) is 2.24. The maximum Gasteiger partial charge on any atom is 0.303 e. The minimum absolute atomic E-state index is 0.109. The van der Waals surface area contributed by atoms with Crippen molar-refractivity contribution in [2.75, 3.05) is 13.7 Å². The highest BCUT2D eigenvalue weighted by molar-refractivity contribution is 7.89. The summed E-state index contributed by atoms with van der Waals surface area (Å²) in [5.41, 5.74) is 1.84. The molecule has 0 spiro atoms. The lowest BCUT2D eigenvalue weighted by Gasteiger charge is -2.13. The number of carboxylic acids is 1. The van der Waals surface area contributed by atoms with E-state index in [1.165, 1.54) is 7.11 Å². The van der Waals surface area contributed by atoms with E-state index in [1.807, 2.05) is 13.8 Å². The largest absolute Gasteiger partial charge is 0.495 e. The van der Waals surface area contributed by atoms with Crippen molar-refractivity contribution in [3.63, 3.8) is 0 Å². The zero-order chi connectivity index (χ0) is 16.8. The zero-order valence-electron chi connectivity index (χ0n) is 13.2. The number of nitrogens with one attached hydrogen (secondary N) is 1. The van der Waals surface area contributed by atoms with Gasteiger partial charge in [-0.1, -0.05) is 6.42 Å². The fraction of sp³-hybridized carbons (Fsp3) is 0.533. The number of benzene rings is 1. The van der Waals surface area contributed by atoms with Gasteiger partial charge < -0.3 is 9.84 Å². The Balaban J connectivity index is 2.67. The van der Waals surface area contributed by atoms with Crippen molar-refractivity contribution < 1.29 is 23.1 Å². The van der Waals surface area contributed by atoms with Crippen LogP contribution in [0, 0.1) is 13.8 Å². The minimum Gasteiger partial charge on any atom is -0.495 e. The van der Waals surface area contributed by atoms with Crippen LogP contribution in [-0.2, 0) is 14.8 Å². The number of methoxy groups -OCH3 is 1. The zero-order valence-corrected chi connectivity index (χ0v) is 14.0. The molecule has 0 amide bonds. The van der Waals surface area contributed by atoms with Gasteiger partial charge in [0.2, 0.25) is 10.0 Å². The molecule has 1 rings (SSSR count). The van der Waals surface area contributed by atoms with E-state index in [1.54, 1.807) is 12.1 Å². The fourth-order valence-electron chi connectivity index (χ4n) is 2.00. The normalized spacial score (nSPS) is 11.4. The molecule has 0 bridgehead atoms. The van der Waals surface area contributed by atoms with E-state index >= 15 is 0 Å². The monoisotopic (exact) mass is 329 g/mol. The molecule has 0 unspecified atom stereocenters. The molecule has 0 atom stereocenters. The lowest BCUT2D eigenvalue weighted by Crippen LogP contribution is -2.25. The standard InChI is InChI=1S/C15H23NO5S/c1-11-9-13(21-3)14(10-12(11)2)22(19,20)16-8-6-4-5-7-15(17)18/h9-10,16H,4-8H2,1-3H3,(H,17,18). The Hall–Kier alpha value is -1.60. The maximum atomic E-state index is 12.3. The lowest BCUT2D eigenvalue weighted by molar-refractivity contribution is -0.137. The summed E-state index contributed by atoms with van der Waals surface area (Å²) < 4.78 is 32.3. The van der Waals surface area contributed by atoms with Gasteiger partial charge in [0.05, 0.1) is 7.11 Å². The van der Waals surface area contributed by atoms with Crippen molar-refractivity contribution >= 4 is 16.0 Å². The van der Waals surface area contributed by atoms with E-state index in [9.17, 15) is 13.2 Å². The Morgan fingerprint density at radius 3 is 2.41 bits per heavy atom. The van der Waals surface area contributed by atoms with E-state index < -0.39 is 16.0 Å².